The van der Waals surface area contributed by atoms with Crippen molar-refractivity contribution in [3.63, 3.8) is 0 Å². The van der Waals surface area contributed by atoms with Gasteiger partial charge in [0.2, 0.25) is 0 Å². The molecule has 1 amide bonds. The summed E-state index contributed by atoms with van der Waals surface area (Å²) in [5.41, 5.74) is 0.580. The Morgan fingerprint density at radius 1 is 1.41 bits per heavy atom. The van der Waals surface area contributed by atoms with Gasteiger partial charge in [-0.05, 0) is 31.4 Å². The Morgan fingerprint density at radius 3 is 2.95 bits per heavy atom. The molecule has 4 nitrogen and oxygen atoms in total. The summed E-state index contributed by atoms with van der Waals surface area (Å²) in [6.45, 7) is 2.98. The van der Waals surface area contributed by atoms with E-state index in [4.69, 9.17) is 4.74 Å². The van der Waals surface area contributed by atoms with Gasteiger partial charge >= 0.3 is 0 Å². The molecule has 1 aliphatic carbocycles. The molecule has 1 saturated carbocycles. The van der Waals surface area contributed by atoms with Crippen molar-refractivity contribution >= 4 is 5.91 Å². The number of hydrogen-bond acceptors (Lipinski definition) is 3. The smallest absolute Gasteiger partial charge is 0.257 e. The average molecular weight is 307 g/mol. The second-order valence-corrected chi connectivity index (χ2v) is 6.24. The van der Waals surface area contributed by atoms with E-state index in [9.17, 15) is 14.3 Å². The molecule has 0 bridgehead atoms. The van der Waals surface area contributed by atoms with Gasteiger partial charge in [-0.15, -0.1) is 0 Å². The Balaban J connectivity index is 1.87. The van der Waals surface area contributed by atoms with Crippen LogP contribution in [0.5, 0.6) is 0 Å². The zero-order valence-electron chi connectivity index (χ0n) is 12.8. The van der Waals surface area contributed by atoms with E-state index in [2.05, 4.69) is 0 Å². The predicted octanol–water partition coefficient (Wildman–Crippen LogP) is 2.14. The van der Waals surface area contributed by atoms with Crippen LogP contribution >= 0.6 is 0 Å². The summed E-state index contributed by atoms with van der Waals surface area (Å²) in [7, 11) is 0. The lowest BCUT2D eigenvalue weighted by molar-refractivity contribution is -0.0385. The van der Waals surface area contributed by atoms with Crippen LogP contribution in [-0.2, 0) is 4.74 Å². The van der Waals surface area contributed by atoms with Crippen molar-refractivity contribution in [2.24, 2.45) is 5.92 Å². The molecule has 0 radical (unpaired) electrons. The van der Waals surface area contributed by atoms with Gasteiger partial charge in [0.15, 0.2) is 0 Å². The van der Waals surface area contributed by atoms with Gasteiger partial charge in [-0.25, -0.2) is 4.39 Å². The summed E-state index contributed by atoms with van der Waals surface area (Å²) in [6, 6.07) is 4.72. The third-order valence-corrected chi connectivity index (χ3v) is 4.87. The number of carbonyl (C=O) groups is 1. The molecule has 5 heteroatoms. The SMILES string of the molecule is Cc1cccc(C(=O)N2CCOC[C@@H]2[C@H]2CCC[C@@H]2O)c1F. The molecule has 1 heterocycles. The van der Waals surface area contributed by atoms with Crippen LogP contribution in [0.25, 0.3) is 0 Å². The van der Waals surface area contributed by atoms with E-state index < -0.39 is 11.9 Å². The number of rotatable bonds is 2. The number of aliphatic hydroxyl groups is 1. The third kappa shape index (κ3) is 2.75. The Morgan fingerprint density at radius 2 is 2.23 bits per heavy atom. The van der Waals surface area contributed by atoms with Gasteiger partial charge < -0.3 is 14.7 Å². The first-order chi connectivity index (χ1) is 10.6. The molecule has 1 aliphatic heterocycles. The van der Waals surface area contributed by atoms with Crippen LogP contribution in [0.15, 0.2) is 18.2 Å². The molecule has 0 aromatic heterocycles. The number of benzene rings is 1. The fourth-order valence-corrected chi connectivity index (χ4v) is 3.61. The fourth-order valence-electron chi connectivity index (χ4n) is 3.61. The van der Waals surface area contributed by atoms with Gasteiger partial charge in [-0.3, -0.25) is 4.79 Å². The van der Waals surface area contributed by atoms with Gasteiger partial charge in [-0.1, -0.05) is 18.6 Å². The highest BCUT2D eigenvalue weighted by molar-refractivity contribution is 5.95. The van der Waals surface area contributed by atoms with E-state index in [-0.39, 0.29) is 23.4 Å². The maximum atomic E-state index is 14.3. The topological polar surface area (TPSA) is 49.8 Å². The number of amides is 1. The van der Waals surface area contributed by atoms with Gasteiger partial charge in [0.05, 0.1) is 30.9 Å². The van der Waals surface area contributed by atoms with Crippen molar-refractivity contribution in [2.45, 2.75) is 38.3 Å². The lowest BCUT2D eigenvalue weighted by atomic mass is 9.93. The Hall–Kier alpha value is -1.46. The number of nitrogens with zero attached hydrogens (tertiary/aromatic N) is 1. The predicted molar refractivity (Wildman–Crippen MR) is 80.1 cm³/mol. The molecule has 1 aromatic carbocycles. The lowest BCUT2D eigenvalue weighted by Crippen LogP contribution is -2.53. The van der Waals surface area contributed by atoms with Gasteiger partial charge in [0, 0.05) is 12.5 Å². The van der Waals surface area contributed by atoms with Gasteiger partial charge in [0.25, 0.3) is 5.91 Å². The molecule has 1 saturated heterocycles. The van der Waals surface area contributed by atoms with Crippen LogP contribution in [0.2, 0.25) is 0 Å². The highest BCUT2D eigenvalue weighted by Gasteiger charge is 2.40. The zero-order chi connectivity index (χ0) is 15.7. The molecule has 0 spiro atoms. The van der Waals surface area contributed by atoms with Crippen molar-refractivity contribution < 1.29 is 19.0 Å². The first-order valence-corrected chi connectivity index (χ1v) is 7.91. The minimum absolute atomic E-state index is 0.0251. The van der Waals surface area contributed by atoms with E-state index >= 15 is 0 Å². The molecular formula is C17H22FNO3. The van der Waals surface area contributed by atoms with Crippen molar-refractivity contribution in [3.8, 4) is 0 Å². The molecule has 1 N–H and O–H groups in total. The fraction of sp³-hybridized carbons (Fsp3) is 0.588. The first kappa shape index (κ1) is 15.4. The number of aliphatic hydroxyl groups excluding tert-OH is 1. The second kappa shape index (κ2) is 6.34. The second-order valence-electron chi connectivity index (χ2n) is 6.24. The largest absolute Gasteiger partial charge is 0.393 e. The Bertz CT molecular complexity index is 563. The molecular weight excluding hydrogens is 285 g/mol. The van der Waals surface area contributed by atoms with Gasteiger partial charge in [-0.2, -0.15) is 0 Å². The molecule has 3 rings (SSSR count). The van der Waals surface area contributed by atoms with E-state index in [1.807, 2.05) is 0 Å². The normalized spacial score (nSPS) is 28.9. The van der Waals surface area contributed by atoms with Crippen molar-refractivity contribution in [2.75, 3.05) is 19.8 Å². The maximum Gasteiger partial charge on any atom is 0.257 e. The highest BCUT2D eigenvalue weighted by Crippen LogP contribution is 2.33. The molecule has 2 aliphatic rings. The summed E-state index contributed by atoms with van der Waals surface area (Å²) < 4.78 is 19.8. The van der Waals surface area contributed by atoms with Crippen LogP contribution in [0.4, 0.5) is 4.39 Å². The van der Waals surface area contributed by atoms with Crippen molar-refractivity contribution in [1.82, 2.24) is 4.90 Å². The van der Waals surface area contributed by atoms with Crippen LogP contribution in [0, 0.1) is 18.7 Å². The zero-order valence-corrected chi connectivity index (χ0v) is 12.8. The minimum atomic E-state index is -0.454. The molecule has 120 valence electrons. The third-order valence-electron chi connectivity index (χ3n) is 4.87. The maximum absolute atomic E-state index is 14.3. The number of hydrogen-bond donors (Lipinski definition) is 1. The Labute approximate surface area is 129 Å². The van der Waals surface area contributed by atoms with E-state index in [0.29, 0.717) is 25.3 Å². The van der Waals surface area contributed by atoms with Crippen LogP contribution in [0.1, 0.15) is 35.2 Å². The molecule has 2 fully saturated rings. The lowest BCUT2D eigenvalue weighted by Gasteiger charge is -2.40. The van der Waals surface area contributed by atoms with Crippen molar-refractivity contribution in [1.29, 1.82) is 0 Å². The quantitative estimate of drug-likeness (QED) is 0.910. The standard InChI is InChI=1S/C17H22FNO3/c1-11-4-2-6-13(16(11)18)17(21)19-8-9-22-10-14(19)12-5-3-7-15(12)20/h2,4,6,12,14-15,20H,3,5,7-10H2,1H3/t12-,14-,15+/m1/s1. The van der Waals surface area contributed by atoms with Gasteiger partial charge in [0.1, 0.15) is 5.82 Å². The van der Waals surface area contributed by atoms with Crippen LogP contribution in [-0.4, -0.2) is 47.8 Å². The highest BCUT2D eigenvalue weighted by atomic mass is 19.1. The van der Waals surface area contributed by atoms with Crippen molar-refractivity contribution in [3.05, 3.63) is 35.1 Å². The monoisotopic (exact) mass is 307 g/mol. The van der Waals surface area contributed by atoms with E-state index in [1.54, 1.807) is 24.0 Å². The number of carbonyl (C=O) groups excluding carboxylic acids is 1. The first-order valence-electron chi connectivity index (χ1n) is 7.91. The summed E-state index contributed by atoms with van der Waals surface area (Å²) in [4.78, 5) is 14.5. The molecule has 3 atom stereocenters. The minimum Gasteiger partial charge on any atom is -0.393 e. The number of halogens is 1. The summed E-state index contributed by atoms with van der Waals surface area (Å²) in [5, 5.41) is 10.1. The Kier molecular flexibility index (Phi) is 4.45. The van der Waals surface area contributed by atoms with E-state index in [1.165, 1.54) is 6.07 Å². The number of aryl methyl sites for hydroxylation is 1. The molecule has 22 heavy (non-hydrogen) atoms. The number of ether oxygens (including phenoxy) is 1. The van der Waals surface area contributed by atoms with Crippen LogP contribution in [0.3, 0.4) is 0 Å². The van der Waals surface area contributed by atoms with Crippen LogP contribution < -0.4 is 0 Å². The molecule has 0 unspecified atom stereocenters. The summed E-state index contributed by atoms with van der Waals surface area (Å²) in [5.74, 6) is -0.726. The summed E-state index contributed by atoms with van der Waals surface area (Å²) in [6.07, 6.45) is 2.21. The summed E-state index contributed by atoms with van der Waals surface area (Å²) >= 11 is 0. The average Bonchev–Trinajstić information content (AvgIpc) is 2.95. The number of morpholine rings is 1. The van der Waals surface area contributed by atoms with E-state index in [0.717, 1.165) is 19.3 Å². The molecule has 1 aromatic rings.